The second-order valence-electron chi connectivity index (χ2n) is 9.99. The van der Waals surface area contributed by atoms with E-state index in [9.17, 15) is 4.39 Å². The number of amidine groups is 1. The van der Waals surface area contributed by atoms with Gasteiger partial charge in [-0.15, -0.1) is 11.3 Å². The van der Waals surface area contributed by atoms with Crippen molar-refractivity contribution in [2.24, 2.45) is 4.99 Å². The second-order valence-corrected chi connectivity index (χ2v) is 12.3. The Kier molecular flexibility index (Phi) is 8.17. The summed E-state index contributed by atoms with van der Waals surface area (Å²) in [5.74, 6) is 7.06. The van der Waals surface area contributed by atoms with Crippen molar-refractivity contribution in [3.8, 4) is 28.1 Å². The molecule has 2 aromatic heterocycles. The van der Waals surface area contributed by atoms with E-state index in [4.69, 9.17) is 45.5 Å². The molecule has 0 aliphatic carbocycles. The fraction of sp³-hybridized carbons (Fsp3) is 0.258. The van der Waals surface area contributed by atoms with Crippen LogP contribution in [0.1, 0.15) is 48.9 Å². The van der Waals surface area contributed by atoms with E-state index in [1.54, 1.807) is 29.5 Å². The predicted octanol–water partition coefficient (Wildman–Crippen LogP) is 8.39. The summed E-state index contributed by atoms with van der Waals surface area (Å²) in [6.45, 7) is 6.23. The summed E-state index contributed by atoms with van der Waals surface area (Å²) in [6.07, 6.45) is 2.18. The van der Waals surface area contributed by atoms with E-state index >= 15 is 0 Å². The standard InChI is InChI=1S/C31H27Cl2FN4S2/c1-5-23-27(29-35-30(39)31(2,3)37(29)4)36-38(25-16-12-20(32)18-24(25)33)28(23)26-17-15-22(40-26)9-7-6-8-19-10-13-21(34)14-11-19/h10-18H,5-6,8H2,1-4H3. The third-order valence-corrected chi connectivity index (χ3v) is 9.21. The van der Waals surface area contributed by atoms with E-state index in [1.165, 1.54) is 12.1 Å². The Morgan fingerprint density at radius 2 is 1.82 bits per heavy atom. The second kappa shape index (κ2) is 11.5. The molecule has 9 heteroatoms. The van der Waals surface area contributed by atoms with Crippen molar-refractivity contribution in [1.29, 1.82) is 0 Å². The lowest BCUT2D eigenvalue weighted by Gasteiger charge is -2.29. The van der Waals surface area contributed by atoms with Crippen molar-refractivity contribution < 1.29 is 4.39 Å². The van der Waals surface area contributed by atoms with Crippen molar-refractivity contribution in [3.05, 3.63) is 92.2 Å². The number of aliphatic imine (C=N–C) groups is 1. The number of aryl methyl sites for hydroxylation is 1. The third-order valence-electron chi connectivity index (χ3n) is 7.08. The zero-order chi connectivity index (χ0) is 28.6. The molecule has 0 unspecified atom stereocenters. The zero-order valence-corrected chi connectivity index (χ0v) is 25.7. The van der Waals surface area contributed by atoms with Crippen LogP contribution in [0.25, 0.3) is 16.3 Å². The predicted molar refractivity (Wildman–Crippen MR) is 169 cm³/mol. The first-order chi connectivity index (χ1) is 19.1. The molecule has 2 aromatic carbocycles. The van der Waals surface area contributed by atoms with E-state index in [0.29, 0.717) is 21.5 Å². The van der Waals surface area contributed by atoms with E-state index in [0.717, 1.165) is 56.6 Å². The van der Waals surface area contributed by atoms with Gasteiger partial charge in [0.15, 0.2) is 5.84 Å². The van der Waals surface area contributed by atoms with E-state index in [2.05, 4.69) is 43.6 Å². The van der Waals surface area contributed by atoms with Gasteiger partial charge < -0.3 is 4.90 Å². The molecule has 3 heterocycles. The summed E-state index contributed by atoms with van der Waals surface area (Å²) in [7, 11) is 2.00. The van der Waals surface area contributed by atoms with Crippen LogP contribution in [0.5, 0.6) is 0 Å². The minimum absolute atomic E-state index is 0.229. The molecule has 0 N–H and O–H groups in total. The summed E-state index contributed by atoms with van der Waals surface area (Å²) >= 11 is 20.1. The molecule has 5 rings (SSSR count). The number of aromatic nitrogens is 2. The van der Waals surface area contributed by atoms with Gasteiger partial charge in [-0.2, -0.15) is 5.10 Å². The van der Waals surface area contributed by atoms with Crippen molar-refractivity contribution >= 4 is 57.6 Å². The van der Waals surface area contributed by atoms with Gasteiger partial charge in [0.05, 0.1) is 31.7 Å². The van der Waals surface area contributed by atoms with Crippen LogP contribution < -0.4 is 0 Å². The van der Waals surface area contributed by atoms with Crippen LogP contribution in [0, 0.1) is 17.7 Å². The van der Waals surface area contributed by atoms with Gasteiger partial charge in [-0.1, -0.05) is 66.3 Å². The Morgan fingerprint density at radius 3 is 2.48 bits per heavy atom. The van der Waals surface area contributed by atoms with Gasteiger partial charge in [0.2, 0.25) is 0 Å². The first kappa shape index (κ1) is 28.5. The molecule has 204 valence electrons. The number of hydrogen-bond donors (Lipinski definition) is 0. The maximum atomic E-state index is 13.2. The molecule has 0 saturated heterocycles. The third kappa shape index (κ3) is 5.46. The highest BCUT2D eigenvalue weighted by Crippen LogP contribution is 2.38. The fourth-order valence-electron chi connectivity index (χ4n) is 4.51. The molecule has 0 radical (unpaired) electrons. The largest absolute Gasteiger partial charge is 0.346 e. The van der Waals surface area contributed by atoms with E-state index in [1.807, 2.05) is 29.9 Å². The topological polar surface area (TPSA) is 33.4 Å². The van der Waals surface area contributed by atoms with Crippen LogP contribution in [0.4, 0.5) is 4.39 Å². The quantitative estimate of drug-likeness (QED) is 0.163. The Labute approximate surface area is 253 Å². The average Bonchev–Trinajstić information content (AvgIpc) is 3.59. The van der Waals surface area contributed by atoms with Gasteiger partial charge in [0.1, 0.15) is 16.5 Å². The lowest BCUT2D eigenvalue weighted by Crippen LogP contribution is -2.44. The summed E-state index contributed by atoms with van der Waals surface area (Å²) in [4.78, 5) is 9.45. The Morgan fingerprint density at radius 1 is 1.07 bits per heavy atom. The van der Waals surface area contributed by atoms with Crippen LogP contribution in [0.2, 0.25) is 10.0 Å². The highest BCUT2D eigenvalue weighted by atomic mass is 35.5. The van der Waals surface area contributed by atoms with Crippen molar-refractivity contribution in [1.82, 2.24) is 14.7 Å². The van der Waals surface area contributed by atoms with Crippen LogP contribution in [0.3, 0.4) is 0 Å². The highest BCUT2D eigenvalue weighted by Gasteiger charge is 2.40. The molecular weight excluding hydrogens is 582 g/mol. The molecule has 0 atom stereocenters. The first-order valence-corrected chi connectivity index (χ1v) is 14.9. The van der Waals surface area contributed by atoms with E-state index in [-0.39, 0.29) is 5.82 Å². The molecule has 0 bridgehead atoms. The first-order valence-electron chi connectivity index (χ1n) is 12.9. The Bertz CT molecular complexity index is 1690. The maximum Gasteiger partial charge on any atom is 0.158 e. The number of hydrogen-bond acceptors (Lipinski definition) is 4. The number of nitrogens with zero attached hydrogens (tertiary/aromatic N) is 4. The SMILES string of the molecule is CCc1c(C2=NC(=S)C(C)(C)N2C)nn(-c2ccc(Cl)cc2Cl)c1-c1ccc(C#CCCc2ccc(F)cc2)s1. The number of benzene rings is 2. The van der Waals surface area contributed by atoms with Crippen LogP contribution >= 0.6 is 46.8 Å². The van der Waals surface area contributed by atoms with Crippen LogP contribution in [-0.4, -0.2) is 38.1 Å². The monoisotopic (exact) mass is 608 g/mol. The van der Waals surface area contributed by atoms with Crippen molar-refractivity contribution in [2.45, 2.75) is 45.6 Å². The lowest BCUT2D eigenvalue weighted by molar-refractivity contribution is 0.363. The summed E-state index contributed by atoms with van der Waals surface area (Å²) in [6, 6.07) is 16.1. The number of likely N-dealkylation sites (N-methyl/N-ethyl adjacent to an activating group) is 1. The van der Waals surface area contributed by atoms with Crippen LogP contribution in [-0.2, 0) is 12.8 Å². The minimum Gasteiger partial charge on any atom is -0.346 e. The molecule has 0 amide bonds. The van der Waals surface area contributed by atoms with E-state index < -0.39 is 5.54 Å². The van der Waals surface area contributed by atoms with Gasteiger partial charge in [-0.3, -0.25) is 0 Å². The molecule has 1 aliphatic rings. The number of thiophene rings is 1. The number of thiocarbonyl (C=S) groups is 1. The summed E-state index contributed by atoms with van der Waals surface area (Å²) < 4.78 is 15.1. The maximum absolute atomic E-state index is 13.2. The molecule has 1 aliphatic heterocycles. The van der Waals surface area contributed by atoms with Gasteiger partial charge >= 0.3 is 0 Å². The normalized spacial score (nSPS) is 14.3. The molecule has 40 heavy (non-hydrogen) atoms. The molecule has 0 saturated carbocycles. The summed E-state index contributed by atoms with van der Waals surface area (Å²) in [5, 5.41) is 6.13. The molecular formula is C31H27Cl2FN4S2. The van der Waals surface area contributed by atoms with Gasteiger partial charge in [0, 0.05) is 24.1 Å². The van der Waals surface area contributed by atoms with Gasteiger partial charge in [-0.05, 0) is 74.7 Å². The smallest absolute Gasteiger partial charge is 0.158 e. The average molecular weight is 610 g/mol. The van der Waals surface area contributed by atoms with Gasteiger partial charge in [-0.25, -0.2) is 14.1 Å². The van der Waals surface area contributed by atoms with Crippen molar-refractivity contribution in [3.63, 3.8) is 0 Å². The zero-order valence-electron chi connectivity index (χ0n) is 22.6. The van der Waals surface area contributed by atoms with Crippen LogP contribution in [0.15, 0.2) is 59.6 Å². The Hall–Kier alpha value is -3.02. The highest BCUT2D eigenvalue weighted by molar-refractivity contribution is 7.80. The van der Waals surface area contributed by atoms with Crippen molar-refractivity contribution in [2.75, 3.05) is 7.05 Å². The minimum atomic E-state index is -0.392. The molecule has 0 spiro atoms. The molecule has 0 fully saturated rings. The fourth-order valence-corrected chi connectivity index (χ4v) is 6.16. The molecule has 4 aromatic rings. The lowest BCUT2D eigenvalue weighted by atomic mass is 10.0. The number of halogens is 3. The van der Waals surface area contributed by atoms with Gasteiger partial charge in [0.25, 0.3) is 0 Å². The Balaban J connectivity index is 1.55. The summed E-state index contributed by atoms with van der Waals surface area (Å²) in [5.41, 5.74) is 4.17. The number of rotatable bonds is 6. The molecule has 4 nitrogen and oxygen atoms in total.